The van der Waals surface area contributed by atoms with Gasteiger partial charge >= 0.3 is 0 Å². The third-order valence-electron chi connectivity index (χ3n) is 4.27. The fourth-order valence-corrected chi connectivity index (χ4v) is 2.97. The van der Waals surface area contributed by atoms with Gasteiger partial charge in [0.1, 0.15) is 0 Å². The maximum Gasteiger partial charge on any atom is 0.191 e. The van der Waals surface area contributed by atoms with E-state index < -0.39 is 0 Å². The van der Waals surface area contributed by atoms with E-state index in [0.717, 1.165) is 17.7 Å². The minimum atomic E-state index is -0.143. The van der Waals surface area contributed by atoms with Crippen molar-refractivity contribution in [3.05, 3.63) is 70.7 Å². The van der Waals surface area contributed by atoms with Crippen LogP contribution < -0.4 is 10.6 Å². The minimum Gasteiger partial charge on any atom is -0.396 e. The smallest absolute Gasteiger partial charge is 0.191 e. The van der Waals surface area contributed by atoms with Crippen LogP contribution in [0.3, 0.4) is 0 Å². The number of benzene rings is 2. The monoisotopic (exact) mass is 389 g/mol. The summed E-state index contributed by atoms with van der Waals surface area (Å²) in [6, 6.07) is 17.6. The molecule has 0 amide bonds. The number of aliphatic hydroxyl groups is 1. The summed E-state index contributed by atoms with van der Waals surface area (Å²) in [7, 11) is 1.68. The van der Waals surface area contributed by atoms with Crippen molar-refractivity contribution in [2.45, 2.75) is 18.9 Å². The van der Waals surface area contributed by atoms with Gasteiger partial charge in [0.15, 0.2) is 5.96 Å². The summed E-state index contributed by atoms with van der Waals surface area (Å²) in [4.78, 5) is 4.63. The first-order valence-corrected chi connectivity index (χ1v) is 9.52. The van der Waals surface area contributed by atoms with Crippen LogP contribution in [0.15, 0.2) is 59.6 Å². The van der Waals surface area contributed by atoms with Crippen LogP contribution in [0.1, 0.15) is 30.1 Å². The highest BCUT2D eigenvalue weighted by molar-refractivity contribution is 6.30. The summed E-state index contributed by atoms with van der Waals surface area (Å²) in [6.07, 6.45) is -0.143. The highest BCUT2D eigenvalue weighted by Crippen LogP contribution is 2.20. The van der Waals surface area contributed by atoms with E-state index in [-0.39, 0.29) is 18.6 Å². The van der Waals surface area contributed by atoms with Gasteiger partial charge in [-0.3, -0.25) is 4.99 Å². The molecule has 3 N–H and O–H groups in total. The Morgan fingerprint density at radius 3 is 2.48 bits per heavy atom. The lowest BCUT2D eigenvalue weighted by Gasteiger charge is -2.19. The SMILES string of the molecule is CCNC(=NCC(CO)c1ccccc1)NCC(OC)c1cccc(Cl)c1. The molecule has 2 atom stereocenters. The normalized spacial score (nSPS) is 13.9. The highest BCUT2D eigenvalue weighted by atomic mass is 35.5. The van der Waals surface area contributed by atoms with E-state index in [1.807, 2.05) is 61.5 Å². The number of aliphatic hydroxyl groups excluding tert-OH is 1. The number of halogens is 1. The summed E-state index contributed by atoms with van der Waals surface area (Å²) in [5.41, 5.74) is 2.08. The zero-order valence-electron chi connectivity index (χ0n) is 15.9. The molecule has 5 nitrogen and oxygen atoms in total. The van der Waals surface area contributed by atoms with Gasteiger partial charge < -0.3 is 20.5 Å². The average molecular weight is 390 g/mol. The molecule has 2 aromatic rings. The van der Waals surface area contributed by atoms with E-state index >= 15 is 0 Å². The zero-order valence-corrected chi connectivity index (χ0v) is 16.6. The molecule has 0 fully saturated rings. The number of aliphatic imine (C=N–C) groups is 1. The van der Waals surface area contributed by atoms with E-state index in [1.165, 1.54) is 0 Å². The van der Waals surface area contributed by atoms with E-state index in [0.29, 0.717) is 24.1 Å². The molecule has 0 saturated heterocycles. The number of hydrogen-bond donors (Lipinski definition) is 3. The van der Waals surface area contributed by atoms with Crippen molar-refractivity contribution in [1.82, 2.24) is 10.6 Å². The van der Waals surface area contributed by atoms with Gasteiger partial charge in [0, 0.05) is 31.1 Å². The predicted molar refractivity (Wildman–Crippen MR) is 111 cm³/mol. The van der Waals surface area contributed by atoms with Gasteiger partial charge in [-0.05, 0) is 30.2 Å². The van der Waals surface area contributed by atoms with Crippen LogP contribution in [0.5, 0.6) is 0 Å². The largest absolute Gasteiger partial charge is 0.396 e. The Morgan fingerprint density at radius 2 is 1.85 bits per heavy atom. The number of nitrogens with zero attached hydrogens (tertiary/aromatic N) is 1. The third kappa shape index (κ3) is 6.86. The van der Waals surface area contributed by atoms with E-state index in [4.69, 9.17) is 16.3 Å². The molecule has 0 aliphatic carbocycles. The number of nitrogens with one attached hydrogen (secondary N) is 2. The van der Waals surface area contributed by atoms with Crippen LogP contribution in [-0.4, -0.2) is 44.4 Å². The molecule has 0 radical (unpaired) electrons. The molecule has 2 rings (SSSR count). The molecule has 2 aromatic carbocycles. The van der Waals surface area contributed by atoms with Gasteiger partial charge in [0.05, 0.1) is 19.3 Å². The minimum absolute atomic E-state index is 0.0344. The van der Waals surface area contributed by atoms with Crippen LogP contribution in [0.25, 0.3) is 0 Å². The van der Waals surface area contributed by atoms with E-state index in [1.54, 1.807) is 7.11 Å². The summed E-state index contributed by atoms with van der Waals surface area (Å²) < 4.78 is 5.59. The van der Waals surface area contributed by atoms with Crippen molar-refractivity contribution in [1.29, 1.82) is 0 Å². The van der Waals surface area contributed by atoms with Crippen molar-refractivity contribution < 1.29 is 9.84 Å². The molecule has 0 saturated carbocycles. The van der Waals surface area contributed by atoms with Gasteiger partial charge in [-0.1, -0.05) is 54.1 Å². The van der Waals surface area contributed by atoms with Crippen molar-refractivity contribution in [3.63, 3.8) is 0 Å². The maximum absolute atomic E-state index is 9.71. The Hall–Kier alpha value is -2.08. The number of ether oxygens (including phenoxy) is 1. The topological polar surface area (TPSA) is 65.9 Å². The Bertz CT molecular complexity index is 710. The fourth-order valence-electron chi connectivity index (χ4n) is 2.77. The second-order valence-electron chi connectivity index (χ2n) is 6.17. The van der Waals surface area contributed by atoms with Crippen LogP contribution in [0.2, 0.25) is 5.02 Å². The van der Waals surface area contributed by atoms with Crippen LogP contribution in [0, 0.1) is 0 Å². The highest BCUT2D eigenvalue weighted by Gasteiger charge is 2.13. The van der Waals surface area contributed by atoms with Gasteiger partial charge in [-0.25, -0.2) is 0 Å². The lowest BCUT2D eigenvalue weighted by molar-refractivity contribution is 0.106. The Balaban J connectivity index is 2.01. The molecule has 0 spiro atoms. The predicted octanol–water partition coefficient (Wildman–Crippen LogP) is 3.36. The second kappa shape index (κ2) is 11.6. The second-order valence-corrected chi connectivity index (χ2v) is 6.61. The molecule has 146 valence electrons. The van der Waals surface area contributed by atoms with Crippen molar-refractivity contribution in [2.75, 3.05) is 33.4 Å². The van der Waals surface area contributed by atoms with Crippen molar-refractivity contribution in [2.24, 2.45) is 4.99 Å². The lowest BCUT2D eigenvalue weighted by atomic mass is 10.0. The first kappa shape index (κ1) is 21.2. The van der Waals surface area contributed by atoms with Gasteiger partial charge in [-0.15, -0.1) is 0 Å². The standard InChI is InChI=1S/C21H28ClN3O2/c1-3-23-21(24-13-18(15-26)16-8-5-4-6-9-16)25-14-20(27-2)17-10-7-11-19(22)12-17/h4-12,18,20,26H,3,13-15H2,1-2H3,(H2,23,24,25). The Kier molecular flexibility index (Phi) is 9.11. The third-order valence-corrected chi connectivity index (χ3v) is 4.50. The summed E-state index contributed by atoms with van der Waals surface area (Å²) >= 11 is 6.08. The summed E-state index contributed by atoms with van der Waals surface area (Å²) in [5, 5.41) is 16.9. The number of methoxy groups -OCH3 is 1. The van der Waals surface area contributed by atoms with Gasteiger partial charge in [-0.2, -0.15) is 0 Å². The van der Waals surface area contributed by atoms with E-state index in [2.05, 4.69) is 15.6 Å². The van der Waals surface area contributed by atoms with E-state index in [9.17, 15) is 5.11 Å². The Labute approximate surface area is 166 Å². The molecule has 0 bridgehead atoms. The molecular formula is C21H28ClN3O2. The molecule has 0 heterocycles. The average Bonchev–Trinajstić information content (AvgIpc) is 2.69. The molecular weight excluding hydrogens is 362 g/mol. The molecule has 0 aromatic heterocycles. The first-order chi connectivity index (χ1) is 13.2. The lowest BCUT2D eigenvalue weighted by Crippen LogP contribution is -2.40. The summed E-state index contributed by atoms with van der Waals surface area (Å²) in [6.45, 7) is 3.86. The number of hydrogen-bond acceptors (Lipinski definition) is 3. The summed E-state index contributed by atoms with van der Waals surface area (Å²) in [5.74, 6) is 0.656. The zero-order chi connectivity index (χ0) is 19.5. The van der Waals surface area contributed by atoms with Crippen molar-refractivity contribution >= 4 is 17.6 Å². The first-order valence-electron chi connectivity index (χ1n) is 9.14. The van der Waals surface area contributed by atoms with Crippen LogP contribution in [0.4, 0.5) is 0 Å². The quantitative estimate of drug-likeness (QED) is 0.454. The van der Waals surface area contributed by atoms with Gasteiger partial charge in [0.25, 0.3) is 0 Å². The molecule has 2 unspecified atom stereocenters. The van der Waals surface area contributed by atoms with Crippen LogP contribution in [-0.2, 0) is 4.74 Å². The van der Waals surface area contributed by atoms with Gasteiger partial charge in [0.2, 0.25) is 0 Å². The fraction of sp³-hybridized carbons (Fsp3) is 0.381. The molecule has 0 aliphatic rings. The number of rotatable bonds is 9. The molecule has 0 aliphatic heterocycles. The molecule has 27 heavy (non-hydrogen) atoms. The van der Waals surface area contributed by atoms with Crippen molar-refractivity contribution in [3.8, 4) is 0 Å². The van der Waals surface area contributed by atoms with Crippen LogP contribution >= 0.6 is 11.6 Å². The number of guanidine groups is 1. The molecule has 6 heteroatoms. The maximum atomic E-state index is 9.71. The Morgan fingerprint density at radius 1 is 1.11 bits per heavy atom.